The van der Waals surface area contributed by atoms with Crippen LogP contribution in [0, 0.1) is 17.8 Å². The summed E-state index contributed by atoms with van der Waals surface area (Å²) in [6.07, 6.45) is 4.55. The van der Waals surface area contributed by atoms with Gasteiger partial charge < -0.3 is 9.80 Å². The van der Waals surface area contributed by atoms with Gasteiger partial charge in [-0.1, -0.05) is 20.8 Å². The Morgan fingerprint density at radius 1 is 1.21 bits per heavy atom. The largest absolute Gasteiger partial charge is 0.342 e. The first kappa shape index (κ1) is 14.8. The molecule has 2 atom stereocenters. The van der Waals surface area contributed by atoms with E-state index in [1.54, 1.807) is 0 Å². The van der Waals surface area contributed by atoms with Gasteiger partial charge in [0.15, 0.2) is 0 Å². The Balaban J connectivity index is 1.76. The van der Waals surface area contributed by atoms with E-state index in [9.17, 15) is 4.79 Å². The van der Waals surface area contributed by atoms with E-state index >= 15 is 0 Å². The minimum absolute atomic E-state index is 0.344. The van der Waals surface area contributed by atoms with Crippen molar-refractivity contribution in [2.45, 2.75) is 46.5 Å². The third-order valence-corrected chi connectivity index (χ3v) is 4.79. The van der Waals surface area contributed by atoms with Crippen molar-refractivity contribution in [2.75, 3.05) is 32.7 Å². The fraction of sp³-hybridized carbons (Fsp3) is 0.938. The summed E-state index contributed by atoms with van der Waals surface area (Å²) in [4.78, 5) is 16.5. The molecule has 2 saturated heterocycles. The van der Waals surface area contributed by atoms with Crippen molar-refractivity contribution in [3.8, 4) is 0 Å². The lowest BCUT2D eigenvalue weighted by Crippen LogP contribution is -2.43. The van der Waals surface area contributed by atoms with Crippen LogP contribution in [0.25, 0.3) is 0 Å². The lowest BCUT2D eigenvalue weighted by Gasteiger charge is -2.34. The number of likely N-dealkylation sites (tertiary alicyclic amines) is 2. The van der Waals surface area contributed by atoms with E-state index in [2.05, 4.69) is 23.6 Å². The first-order valence-electron chi connectivity index (χ1n) is 8.10. The van der Waals surface area contributed by atoms with Crippen LogP contribution in [0.3, 0.4) is 0 Å². The molecule has 2 aliphatic heterocycles. The van der Waals surface area contributed by atoms with E-state index in [0.29, 0.717) is 12.3 Å². The second-order valence-corrected chi connectivity index (χ2v) is 6.80. The van der Waals surface area contributed by atoms with Crippen LogP contribution in [0.2, 0.25) is 0 Å². The van der Waals surface area contributed by atoms with Crippen molar-refractivity contribution in [1.29, 1.82) is 0 Å². The molecule has 2 aliphatic rings. The highest BCUT2D eigenvalue weighted by Crippen LogP contribution is 2.31. The first-order valence-corrected chi connectivity index (χ1v) is 8.10. The van der Waals surface area contributed by atoms with Crippen molar-refractivity contribution in [3.05, 3.63) is 0 Å². The number of amides is 1. The van der Waals surface area contributed by atoms with Crippen molar-refractivity contribution < 1.29 is 4.79 Å². The minimum atomic E-state index is 0.344. The van der Waals surface area contributed by atoms with E-state index in [0.717, 1.165) is 30.8 Å². The van der Waals surface area contributed by atoms with Gasteiger partial charge in [0.05, 0.1) is 0 Å². The number of hydrogen-bond acceptors (Lipinski definition) is 2. The monoisotopic (exact) mass is 266 g/mol. The van der Waals surface area contributed by atoms with E-state index in [4.69, 9.17) is 0 Å². The van der Waals surface area contributed by atoms with Gasteiger partial charge in [-0.05, 0) is 43.6 Å². The van der Waals surface area contributed by atoms with Gasteiger partial charge in [-0.25, -0.2) is 0 Å². The molecule has 3 heteroatoms. The summed E-state index contributed by atoms with van der Waals surface area (Å²) in [6.45, 7) is 12.3. The maximum Gasteiger partial charge on any atom is 0.222 e. The molecule has 2 heterocycles. The van der Waals surface area contributed by atoms with Gasteiger partial charge in [0.2, 0.25) is 5.91 Å². The third kappa shape index (κ3) is 3.95. The molecule has 1 amide bonds. The minimum Gasteiger partial charge on any atom is -0.342 e. The highest BCUT2D eigenvalue weighted by atomic mass is 16.2. The molecule has 0 radical (unpaired) electrons. The molecule has 0 aromatic rings. The van der Waals surface area contributed by atoms with Crippen LogP contribution in [0.15, 0.2) is 0 Å². The molecule has 0 bridgehead atoms. The Kier molecular flexibility index (Phi) is 5.26. The quantitative estimate of drug-likeness (QED) is 0.763. The van der Waals surface area contributed by atoms with Crippen LogP contribution in [0.4, 0.5) is 0 Å². The second-order valence-electron chi connectivity index (χ2n) is 6.80. The van der Waals surface area contributed by atoms with Crippen LogP contribution in [-0.2, 0) is 4.79 Å². The fourth-order valence-electron chi connectivity index (χ4n) is 3.62. The molecular formula is C16H30N2O. The van der Waals surface area contributed by atoms with E-state index in [1.165, 1.54) is 38.9 Å². The lowest BCUT2D eigenvalue weighted by molar-refractivity contribution is -0.133. The SMILES string of the molecule is CCC(=O)N1CCC2CN(CCCC(C)C)CC2C1. The predicted octanol–water partition coefficient (Wildman–Crippen LogP) is 2.61. The normalized spacial score (nSPS) is 27.9. The van der Waals surface area contributed by atoms with Crippen LogP contribution in [-0.4, -0.2) is 48.4 Å². The third-order valence-electron chi connectivity index (χ3n) is 4.79. The molecule has 2 unspecified atom stereocenters. The van der Waals surface area contributed by atoms with E-state index in [1.807, 2.05) is 6.92 Å². The highest BCUT2D eigenvalue weighted by molar-refractivity contribution is 5.75. The Bertz CT molecular complexity index is 303. The predicted molar refractivity (Wildman–Crippen MR) is 79.0 cm³/mol. The number of carbonyl (C=O) groups excluding carboxylic acids is 1. The standard InChI is InChI=1S/C16H30N2O/c1-4-16(19)18-9-7-14-10-17(11-15(14)12-18)8-5-6-13(2)3/h13-15H,4-12H2,1-3H3. The smallest absolute Gasteiger partial charge is 0.222 e. The Morgan fingerprint density at radius 3 is 2.63 bits per heavy atom. The molecule has 0 aromatic carbocycles. The van der Waals surface area contributed by atoms with Crippen LogP contribution >= 0.6 is 0 Å². The number of carbonyl (C=O) groups is 1. The van der Waals surface area contributed by atoms with Gasteiger partial charge in [-0.15, -0.1) is 0 Å². The maximum atomic E-state index is 11.8. The number of piperidine rings is 1. The summed E-state index contributed by atoms with van der Waals surface area (Å²) < 4.78 is 0. The van der Waals surface area contributed by atoms with Gasteiger partial charge in [0.25, 0.3) is 0 Å². The van der Waals surface area contributed by atoms with Gasteiger partial charge in [0, 0.05) is 32.6 Å². The van der Waals surface area contributed by atoms with Gasteiger partial charge in [0.1, 0.15) is 0 Å². The molecule has 0 saturated carbocycles. The molecule has 110 valence electrons. The molecule has 2 rings (SSSR count). The van der Waals surface area contributed by atoms with Gasteiger partial charge in [-0.2, -0.15) is 0 Å². The van der Waals surface area contributed by atoms with Gasteiger partial charge >= 0.3 is 0 Å². The summed E-state index contributed by atoms with van der Waals surface area (Å²) in [5.41, 5.74) is 0. The topological polar surface area (TPSA) is 23.6 Å². The highest BCUT2D eigenvalue weighted by Gasteiger charge is 2.37. The van der Waals surface area contributed by atoms with E-state index in [-0.39, 0.29) is 0 Å². The zero-order chi connectivity index (χ0) is 13.8. The number of fused-ring (bicyclic) bond motifs is 1. The molecule has 2 fully saturated rings. The van der Waals surface area contributed by atoms with Crippen LogP contribution < -0.4 is 0 Å². The first-order chi connectivity index (χ1) is 9.10. The molecule has 0 N–H and O–H groups in total. The molecule has 0 spiro atoms. The Morgan fingerprint density at radius 2 is 1.95 bits per heavy atom. The average Bonchev–Trinajstić information content (AvgIpc) is 2.78. The summed E-state index contributed by atoms with van der Waals surface area (Å²) >= 11 is 0. The molecule has 0 aromatic heterocycles. The lowest BCUT2D eigenvalue weighted by atomic mass is 9.88. The fourth-order valence-corrected chi connectivity index (χ4v) is 3.62. The van der Waals surface area contributed by atoms with Crippen LogP contribution in [0.1, 0.15) is 46.5 Å². The van der Waals surface area contributed by atoms with Crippen LogP contribution in [0.5, 0.6) is 0 Å². The van der Waals surface area contributed by atoms with Crippen molar-refractivity contribution >= 4 is 5.91 Å². The molecule has 0 aliphatic carbocycles. The molecule has 3 nitrogen and oxygen atoms in total. The Labute approximate surface area is 118 Å². The zero-order valence-corrected chi connectivity index (χ0v) is 12.9. The van der Waals surface area contributed by atoms with Crippen molar-refractivity contribution in [1.82, 2.24) is 9.80 Å². The number of rotatable bonds is 5. The van der Waals surface area contributed by atoms with Gasteiger partial charge in [-0.3, -0.25) is 4.79 Å². The molecular weight excluding hydrogens is 236 g/mol. The average molecular weight is 266 g/mol. The summed E-state index contributed by atoms with van der Waals surface area (Å²) in [5.74, 6) is 2.75. The number of nitrogens with zero attached hydrogens (tertiary/aromatic N) is 2. The Hall–Kier alpha value is -0.570. The van der Waals surface area contributed by atoms with Crippen molar-refractivity contribution in [3.63, 3.8) is 0 Å². The zero-order valence-electron chi connectivity index (χ0n) is 12.9. The molecule has 19 heavy (non-hydrogen) atoms. The van der Waals surface area contributed by atoms with E-state index < -0.39 is 0 Å². The summed E-state index contributed by atoms with van der Waals surface area (Å²) in [7, 11) is 0. The maximum absolute atomic E-state index is 11.8. The summed E-state index contributed by atoms with van der Waals surface area (Å²) in [6, 6.07) is 0. The van der Waals surface area contributed by atoms with Crippen molar-refractivity contribution in [2.24, 2.45) is 17.8 Å². The second kappa shape index (κ2) is 6.74. The number of hydrogen-bond donors (Lipinski definition) is 0. The summed E-state index contributed by atoms with van der Waals surface area (Å²) in [5, 5.41) is 0.